The number of nitrogens with zero attached hydrogens (tertiary/aromatic N) is 5. The highest BCUT2D eigenvalue weighted by atomic mass is 35.5. The number of hydrogen-bond donors (Lipinski definition) is 0. The van der Waals surface area contributed by atoms with Crippen molar-refractivity contribution in [2.24, 2.45) is 7.05 Å². The molecule has 3 heterocycles. The van der Waals surface area contributed by atoms with Crippen molar-refractivity contribution in [3.63, 3.8) is 0 Å². The van der Waals surface area contributed by atoms with Crippen LogP contribution in [0, 0.1) is 0 Å². The molecule has 0 bridgehead atoms. The number of halogens is 1. The molecule has 1 aliphatic rings. The minimum Gasteiger partial charge on any atom is -0.276 e. The molecule has 102 valence electrons. The maximum atomic E-state index is 6.04. The Hall–Kier alpha value is -1.88. The molecule has 0 saturated carbocycles. The van der Waals surface area contributed by atoms with Crippen LogP contribution in [0.2, 0.25) is 5.15 Å². The lowest BCUT2D eigenvalue weighted by molar-refractivity contribution is 0.537. The Labute approximate surface area is 121 Å². The van der Waals surface area contributed by atoms with E-state index >= 15 is 0 Å². The predicted molar refractivity (Wildman–Crippen MR) is 76.0 cm³/mol. The van der Waals surface area contributed by atoms with Gasteiger partial charge < -0.3 is 0 Å². The molecule has 0 amide bonds. The molecule has 0 fully saturated rings. The van der Waals surface area contributed by atoms with Crippen LogP contribution in [0.15, 0.2) is 24.7 Å². The van der Waals surface area contributed by atoms with Gasteiger partial charge in [-0.25, -0.2) is 9.50 Å². The SMILES string of the molecule is Cn1cc([C@]2(C)CCc3cnc4cc(Cl)nn4c32)cn1. The van der Waals surface area contributed by atoms with Crippen LogP contribution in [-0.2, 0) is 18.9 Å². The summed E-state index contributed by atoms with van der Waals surface area (Å²) in [5.74, 6) is 0. The Morgan fingerprint density at radius 2 is 2.20 bits per heavy atom. The first kappa shape index (κ1) is 11.9. The molecule has 0 spiro atoms. The van der Waals surface area contributed by atoms with E-state index in [-0.39, 0.29) is 5.41 Å². The van der Waals surface area contributed by atoms with Crippen LogP contribution in [0.25, 0.3) is 5.65 Å². The van der Waals surface area contributed by atoms with Gasteiger partial charge in [0.2, 0.25) is 0 Å². The molecule has 3 aromatic rings. The molecule has 0 unspecified atom stereocenters. The topological polar surface area (TPSA) is 48.0 Å². The summed E-state index contributed by atoms with van der Waals surface area (Å²) in [6, 6.07) is 1.80. The summed E-state index contributed by atoms with van der Waals surface area (Å²) in [6.07, 6.45) is 8.00. The molecule has 5 nitrogen and oxygen atoms in total. The molecule has 0 saturated heterocycles. The molecule has 4 rings (SSSR count). The number of aryl methyl sites for hydroxylation is 2. The first-order chi connectivity index (χ1) is 9.58. The summed E-state index contributed by atoms with van der Waals surface area (Å²) in [4.78, 5) is 4.43. The summed E-state index contributed by atoms with van der Waals surface area (Å²) in [5, 5.41) is 9.19. The van der Waals surface area contributed by atoms with Crippen molar-refractivity contribution in [3.8, 4) is 0 Å². The second-order valence-electron chi connectivity index (χ2n) is 5.60. The smallest absolute Gasteiger partial charge is 0.156 e. The zero-order chi connectivity index (χ0) is 13.9. The maximum absolute atomic E-state index is 6.04. The highest BCUT2D eigenvalue weighted by molar-refractivity contribution is 6.29. The Morgan fingerprint density at radius 1 is 1.35 bits per heavy atom. The van der Waals surface area contributed by atoms with Crippen molar-refractivity contribution in [2.75, 3.05) is 0 Å². The summed E-state index contributed by atoms with van der Waals surface area (Å²) >= 11 is 6.04. The van der Waals surface area contributed by atoms with E-state index in [1.54, 1.807) is 6.07 Å². The van der Waals surface area contributed by atoms with E-state index in [1.165, 1.54) is 16.8 Å². The van der Waals surface area contributed by atoms with Crippen LogP contribution in [0.1, 0.15) is 30.2 Å². The summed E-state index contributed by atoms with van der Waals surface area (Å²) < 4.78 is 3.73. The minimum atomic E-state index is -0.0971. The number of hydrogen-bond acceptors (Lipinski definition) is 3. The molecule has 0 radical (unpaired) electrons. The lowest BCUT2D eigenvalue weighted by atomic mass is 9.82. The number of rotatable bonds is 1. The van der Waals surface area contributed by atoms with Gasteiger partial charge in [0.05, 0.1) is 11.9 Å². The fraction of sp³-hybridized carbons (Fsp3) is 0.357. The van der Waals surface area contributed by atoms with Crippen LogP contribution in [0.3, 0.4) is 0 Å². The standard InChI is InChI=1S/C14H14ClN5/c1-14(10-7-17-19(2)8-10)4-3-9-6-16-12-5-11(15)18-20(12)13(9)14/h5-8H,3-4H2,1-2H3/t14-/m0/s1. The molecule has 20 heavy (non-hydrogen) atoms. The van der Waals surface area contributed by atoms with Crippen molar-refractivity contribution in [1.82, 2.24) is 24.4 Å². The fourth-order valence-corrected chi connectivity index (χ4v) is 3.38. The van der Waals surface area contributed by atoms with Crippen molar-refractivity contribution in [1.29, 1.82) is 0 Å². The van der Waals surface area contributed by atoms with Crippen LogP contribution in [-0.4, -0.2) is 24.4 Å². The average Bonchev–Trinajstić information content (AvgIpc) is 3.07. The van der Waals surface area contributed by atoms with Crippen molar-refractivity contribution in [2.45, 2.75) is 25.2 Å². The van der Waals surface area contributed by atoms with Gasteiger partial charge in [0.25, 0.3) is 0 Å². The lowest BCUT2D eigenvalue weighted by Crippen LogP contribution is -2.23. The normalized spacial score (nSPS) is 21.6. The quantitative estimate of drug-likeness (QED) is 0.690. The minimum absolute atomic E-state index is 0.0971. The van der Waals surface area contributed by atoms with E-state index in [4.69, 9.17) is 11.6 Å². The third-order valence-corrected chi connectivity index (χ3v) is 4.47. The Kier molecular flexibility index (Phi) is 2.27. The van der Waals surface area contributed by atoms with Crippen molar-refractivity contribution >= 4 is 17.2 Å². The van der Waals surface area contributed by atoms with Gasteiger partial charge in [0.15, 0.2) is 10.8 Å². The monoisotopic (exact) mass is 287 g/mol. The van der Waals surface area contributed by atoms with E-state index in [0.29, 0.717) is 5.15 Å². The van der Waals surface area contributed by atoms with Crippen LogP contribution >= 0.6 is 11.6 Å². The van der Waals surface area contributed by atoms with Gasteiger partial charge >= 0.3 is 0 Å². The van der Waals surface area contributed by atoms with Crippen molar-refractivity contribution < 1.29 is 0 Å². The molecule has 1 aliphatic carbocycles. The van der Waals surface area contributed by atoms with E-state index in [0.717, 1.165) is 18.5 Å². The van der Waals surface area contributed by atoms with E-state index in [2.05, 4.69) is 28.3 Å². The molecular weight excluding hydrogens is 274 g/mol. The lowest BCUT2D eigenvalue weighted by Gasteiger charge is -2.24. The first-order valence-electron chi connectivity index (χ1n) is 6.61. The number of aromatic nitrogens is 5. The van der Waals surface area contributed by atoms with Crippen LogP contribution in [0.5, 0.6) is 0 Å². The third-order valence-electron chi connectivity index (χ3n) is 4.29. The van der Waals surface area contributed by atoms with Gasteiger partial charge in [-0.1, -0.05) is 11.6 Å². The van der Waals surface area contributed by atoms with Gasteiger partial charge in [0, 0.05) is 36.5 Å². The van der Waals surface area contributed by atoms with Crippen molar-refractivity contribution in [3.05, 3.63) is 46.6 Å². The zero-order valence-corrected chi connectivity index (χ0v) is 12.1. The molecule has 0 aliphatic heterocycles. The highest BCUT2D eigenvalue weighted by Crippen LogP contribution is 2.43. The number of fused-ring (bicyclic) bond motifs is 3. The predicted octanol–water partition coefficient (Wildman–Crippen LogP) is 2.37. The maximum Gasteiger partial charge on any atom is 0.156 e. The average molecular weight is 288 g/mol. The zero-order valence-electron chi connectivity index (χ0n) is 11.3. The van der Waals surface area contributed by atoms with E-state index < -0.39 is 0 Å². The molecule has 1 atom stereocenters. The summed E-state index contributed by atoms with van der Waals surface area (Å²) in [7, 11) is 1.94. The molecule has 3 aromatic heterocycles. The fourth-order valence-electron chi connectivity index (χ4n) is 3.20. The van der Waals surface area contributed by atoms with Gasteiger partial charge in [-0.15, -0.1) is 0 Å². The van der Waals surface area contributed by atoms with Gasteiger partial charge in [-0.2, -0.15) is 10.2 Å². The van der Waals surface area contributed by atoms with E-state index in [1.807, 2.05) is 28.6 Å². The van der Waals surface area contributed by atoms with Gasteiger partial charge in [-0.05, 0) is 25.3 Å². The Bertz CT molecular complexity index is 818. The summed E-state index contributed by atoms with van der Waals surface area (Å²) in [6.45, 7) is 2.24. The molecule has 0 N–H and O–H groups in total. The van der Waals surface area contributed by atoms with E-state index in [9.17, 15) is 0 Å². The second kappa shape index (κ2) is 3.82. The van der Waals surface area contributed by atoms with Crippen LogP contribution < -0.4 is 0 Å². The van der Waals surface area contributed by atoms with Gasteiger partial charge in [0.1, 0.15) is 0 Å². The highest BCUT2D eigenvalue weighted by Gasteiger charge is 2.40. The Morgan fingerprint density at radius 3 is 2.95 bits per heavy atom. The third kappa shape index (κ3) is 1.47. The second-order valence-corrected chi connectivity index (χ2v) is 5.99. The largest absolute Gasteiger partial charge is 0.276 e. The van der Waals surface area contributed by atoms with Gasteiger partial charge in [-0.3, -0.25) is 4.68 Å². The molecular formula is C14H14ClN5. The molecule has 6 heteroatoms. The first-order valence-corrected chi connectivity index (χ1v) is 6.98. The summed E-state index contributed by atoms with van der Waals surface area (Å²) in [5.41, 5.74) is 4.33. The van der Waals surface area contributed by atoms with Crippen LogP contribution in [0.4, 0.5) is 0 Å². The Balaban J connectivity index is 2.02. The molecule has 0 aromatic carbocycles.